The molecule has 2 rings (SSSR count). The Labute approximate surface area is 120 Å². The van der Waals surface area contributed by atoms with Crippen LogP contribution in [0, 0.1) is 0 Å². The molecule has 0 spiro atoms. The first kappa shape index (κ1) is 14.0. The van der Waals surface area contributed by atoms with Gasteiger partial charge in [0, 0.05) is 18.2 Å². The largest absolute Gasteiger partial charge is 0.497 e. The lowest BCUT2D eigenvalue weighted by atomic mass is 10.2. The number of benzene rings is 1. The zero-order valence-corrected chi connectivity index (χ0v) is 12.5. The molecule has 0 bridgehead atoms. The first-order chi connectivity index (χ1) is 9.22. The fraction of sp³-hybridized carbons (Fsp3) is 0.286. The second kappa shape index (κ2) is 6.63. The van der Waals surface area contributed by atoms with Gasteiger partial charge in [0.15, 0.2) is 4.67 Å². The van der Waals surface area contributed by atoms with E-state index in [-0.39, 0.29) is 0 Å². The number of halogens is 1. The first-order valence-electron chi connectivity index (χ1n) is 5.88. The Morgan fingerprint density at radius 1 is 1.11 bits per heavy atom. The molecule has 1 N–H and O–H groups in total. The quantitative estimate of drug-likeness (QED) is 0.884. The number of furan rings is 1. The van der Waals surface area contributed by atoms with Crippen LogP contribution in [0.3, 0.4) is 0 Å². The number of methoxy groups -OCH3 is 2. The third-order valence-corrected chi connectivity index (χ3v) is 3.16. The molecule has 0 amide bonds. The van der Waals surface area contributed by atoms with Crippen LogP contribution >= 0.6 is 15.9 Å². The van der Waals surface area contributed by atoms with Crippen molar-refractivity contribution in [2.75, 3.05) is 14.2 Å². The number of rotatable bonds is 6. The summed E-state index contributed by atoms with van der Waals surface area (Å²) in [7, 11) is 3.30. The van der Waals surface area contributed by atoms with E-state index in [4.69, 9.17) is 13.9 Å². The Morgan fingerprint density at radius 2 is 1.95 bits per heavy atom. The van der Waals surface area contributed by atoms with E-state index in [0.29, 0.717) is 13.1 Å². The lowest BCUT2D eigenvalue weighted by Crippen LogP contribution is -2.12. The summed E-state index contributed by atoms with van der Waals surface area (Å²) < 4.78 is 16.7. The summed E-state index contributed by atoms with van der Waals surface area (Å²) in [5.74, 6) is 2.49. The van der Waals surface area contributed by atoms with E-state index in [1.165, 1.54) is 0 Å². The van der Waals surface area contributed by atoms with Gasteiger partial charge in [0.25, 0.3) is 0 Å². The van der Waals surface area contributed by atoms with Gasteiger partial charge in [-0.15, -0.1) is 0 Å². The molecule has 0 aliphatic rings. The van der Waals surface area contributed by atoms with Gasteiger partial charge in [-0.1, -0.05) is 6.07 Å². The summed E-state index contributed by atoms with van der Waals surface area (Å²) in [6.45, 7) is 1.37. The molecule has 4 nitrogen and oxygen atoms in total. The fourth-order valence-electron chi connectivity index (χ4n) is 1.77. The number of nitrogens with one attached hydrogen (secondary N) is 1. The molecule has 2 aromatic rings. The van der Waals surface area contributed by atoms with Gasteiger partial charge in [-0.05, 0) is 34.1 Å². The highest BCUT2D eigenvalue weighted by molar-refractivity contribution is 9.10. The van der Waals surface area contributed by atoms with Gasteiger partial charge in [-0.3, -0.25) is 0 Å². The van der Waals surface area contributed by atoms with Gasteiger partial charge >= 0.3 is 0 Å². The molecule has 102 valence electrons. The molecule has 1 aromatic heterocycles. The molecule has 1 aromatic carbocycles. The van der Waals surface area contributed by atoms with Crippen molar-refractivity contribution in [3.63, 3.8) is 0 Å². The van der Waals surface area contributed by atoms with Crippen LogP contribution in [0.1, 0.15) is 11.3 Å². The van der Waals surface area contributed by atoms with Gasteiger partial charge in [-0.2, -0.15) is 0 Å². The Balaban J connectivity index is 1.95. The second-order valence-corrected chi connectivity index (χ2v) is 4.77. The molecule has 0 aliphatic carbocycles. The Morgan fingerprint density at radius 3 is 2.58 bits per heavy atom. The van der Waals surface area contributed by atoms with E-state index < -0.39 is 0 Å². The molecule has 0 saturated carbocycles. The lowest BCUT2D eigenvalue weighted by molar-refractivity contribution is 0.389. The molecule has 5 heteroatoms. The van der Waals surface area contributed by atoms with Crippen LogP contribution < -0.4 is 14.8 Å². The summed E-state index contributed by atoms with van der Waals surface area (Å²) in [5.41, 5.74) is 1.08. The molecule has 0 unspecified atom stereocenters. The minimum Gasteiger partial charge on any atom is -0.497 e. The average molecular weight is 326 g/mol. The number of hydrogen-bond acceptors (Lipinski definition) is 4. The van der Waals surface area contributed by atoms with Crippen LogP contribution in [0.25, 0.3) is 0 Å². The van der Waals surface area contributed by atoms with Crippen molar-refractivity contribution in [1.82, 2.24) is 5.32 Å². The van der Waals surface area contributed by atoms with Crippen LogP contribution in [-0.4, -0.2) is 14.2 Å². The highest BCUT2D eigenvalue weighted by Gasteiger charge is 2.05. The van der Waals surface area contributed by atoms with Crippen molar-refractivity contribution in [2.45, 2.75) is 13.1 Å². The second-order valence-electron chi connectivity index (χ2n) is 3.99. The van der Waals surface area contributed by atoms with Crippen molar-refractivity contribution in [3.05, 3.63) is 46.3 Å². The SMILES string of the molecule is COc1ccc(CNCc2ccc(Br)o2)c(OC)c1. The summed E-state index contributed by atoms with van der Waals surface area (Å²) in [6, 6.07) is 9.60. The van der Waals surface area contributed by atoms with E-state index in [1.54, 1.807) is 14.2 Å². The third kappa shape index (κ3) is 3.75. The zero-order valence-electron chi connectivity index (χ0n) is 10.9. The van der Waals surface area contributed by atoms with E-state index in [2.05, 4.69) is 21.2 Å². The maximum absolute atomic E-state index is 5.42. The maximum Gasteiger partial charge on any atom is 0.169 e. The Hall–Kier alpha value is -1.46. The molecule has 1 heterocycles. The van der Waals surface area contributed by atoms with Crippen molar-refractivity contribution in [1.29, 1.82) is 0 Å². The molecule has 0 saturated heterocycles. The summed E-state index contributed by atoms with van der Waals surface area (Å²) in [4.78, 5) is 0. The van der Waals surface area contributed by atoms with Crippen molar-refractivity contribution >= 4 is 15.9 Å². The Bertz CT molecular complexity index is 539. The minimum absolute atomic E-state index is 0.667. The van der Waals surface area contributed by atoms with Crippen LogP contribution in [0.15, 0.2) is 39.4 Å². The predicted octanol–water partition coefficient (Wildman–Crippen LogP) is 3.35. The molecule has 0 aliphatic heterocycles. The number of ether oxygens (including phenoxy) is 2. The summed E-state index contributed by atoms with van der Waals surface area (Å²) in [6.07, 6.45) is 0. The highest BCUT2D eigenvalue weighted by Crippen LogP contribution is 2.24. The van der Waals surface area contributed by atoms with Crippen LogP contribution in [0.5, 0.6) is 11.5 Å². The molecule has 0 radical (unpaired) electrons. The molecule has 0 fully saturated rings. The molecular formula is C14H16BrNO3. The summed E-state index contributed by atoms with van der Waals surface area (Å²) >= 11 is 3.28. The van der Waals surface area contributed by atoms with E-state index >= 15 is 0 Å². The Kier molecular flexibility index (Phi) is 4.87. The van der Waals surface area contributed by atoms with Gasteiger partial charge in [0.2, 0.25) is 0 Å². The standard InChI is InChI=1S/C14H16BrNO3/c1-17-11-4-3-10(13(7-11)18-2)8-16-9-12-5-6-14(15)19-12/h3-7,16H,8-9H2,1-2H3. The van der Waals surface area contributed by atoms with E-state index in [0.717, 1.165) is 27.5 Å². The van der Waals surface area contributed by atoms with Crippen molar-refractivity contribution in [3.8, 4) is 11.5 Å². The van der Waals surface area contributed by atoms with Crippen LogP contribution in [0.4, 0.5) is 0 Å². The predicted molar refractivity (Wildman–Crippen MR) is 76.5 cm³/mol. The van der Waals surface area contributed by atoms with Gasteiger partial charge in [-0.25, -0.2) is 0 Å². The zero-order chi connectivity index (χ0) is 13.7. The topological polar surface area (TPSA) is 43.6 Å². The monoisotopic (exact) mass is 325 g/mol. The molecule has 19 heavy (non-hydrogen) atoms. The van der Waals surface area contributed by atoms with Gasteiger partial charge in [0.1, 0.15) is 17.3 Å². The normalized spacial score (nSPS) is 10.5. The van der Waals surface area contributed by atoms with Crippen molar-refractivity contribution in [2.24, 2.45) is 0 Å². The maximum atomic E-state index is 5.42. The van der Waals surface area contributed by atoms with Crippen LogP contribution in [-0.2, 0) is 13.1 Å². The third-order valence-electron chi connectivity index (χ3n) is 2.74. The highest BCUT2D eigenvalue weighted by atomic mass is 79.9. The van der Waals surface area contributed by atoms with Gasteiger partial charge in [0.05, 0.1) is 20.8 Å². The van der Waals surface area contributed by atoms with Gasteiger partial charge < -0.3 is 19.2 Å². The summed E-state index contributed by atoms with van der Waals surface area (Å²) in [5, 5.41) is 3.31. The minimum atomic E-state index is 0.667. The number of hydrogen-bond donors (Lipinski definition) is 1. The average Bonchev–Trinajstić information content (AvgIpc) is 2.84. The molecule has 0 atom stereocenters. The van der Waals surface area contributed by atoms with E-state index in [1.807, 2.05) is 30.3 Å². The smallest absolute Gasteiger partial charge is 0.169 e. The van der Waals surface area contributed by atoms with Crippen LogP contribution in [0.2, 0.25) is 0 Å². The fourth-order valence-corrected chi connectivity index (χ4v) is 2.11. The van der Waals surface area contributed by atoms with E-state index in [9.17, 15) is 0 Å². The molecular weight excluding hydrogens is 310 g/mol. The first-order valence-corrected chi connectivity index (χ1v) is 6.68. The lowest BCUT2D eigenvalue weighted by Gasteiger charge is -2.10. The van der Waals surface area contributed by atoms with Crippen molar-refractivity contribution < 1.29 is 13.9 Å².